The van der Waals surface area contributed by atoms with E-state index in [9.17, 15) is 9.90 Å². The van der Waals surface area contributed by atoms with Crippen LogP contribution in [0.2, 0.25) is 0 Å². The number of hydrogen-bond donors (Lipinski definition) is 3. The van der Waals surface area contributed by atoms with E-state index in [-0.39, 0.29) is 29.3 Å². The minimum atomic E-state index is -0.495. The van der Waals surface area contributed by atoms with Gasteiger partial charge in [-0.05, 0) is 54.9 Å². The number of benzene rings is 2. The Morgan fingerprint density at radius 1 is 1.17 bits per heavy atom. The summed E-state index contributed by atoms with van der Waals surface area (Å²) in [5.74, 6) is -0.107. The number of aromatic nitrogens is 5. The van der Waals surface area contributed by atoms with E-state index >= 15 is 4.39 Å². The number of nitrogen functional groups attached to an aromatic ring is 1. The first-order valence-electron chi connectivity index (χ1n) is 13.8. The molecule has 210 valence electrons. The van der Waals surface area contributed by atoms with Crippen molar-refractivity contribution in [3.05, 3.63) is 70.8 Å². The maximum absolute atomic E-state index is 15.2. The van der Waals surface area contributed by atoms with Gasteiger partial charge in [0.1, 0.15) is 5.82 Å². The largest absolute Gasteiger partial charge is 0.392 e. The van der Waals surface area contributed by atoms with Gasteiger partial charge in [0, 0.05) is 30.5 Å². The average molecular weight is 557 g/mol. The second-order valence-corrected chi connectivity index (χ2v) is 10.7. The van der Waals surface area contributed by atoms with E-state index in [1.807, 2.05) is 16.9 Å². The van der Waals surface area contributed by atoms with Crippen LogP contribution in [-0.4, -0.2) is 55.5 Å². The van der Waals surface area contributed by atoms with Crippen LogP contribution in [0.4, 0.5) is 27.7 Å². The zero-order valence-corrected chi connectivity index (χ0v) is 22.3. The molecule has 1 atom stereocenters. The SMILES string of the molecule is Nc1nc(Nc2cnn([C@@H]3CCOC3)c2)nc(-c2cccc(N3CCc4cc(C5CC5)cc(F)c4C3=O)c2CO)n1. The summed E-state index contributed by atoms with van der Waals surface area (Å²) in [6.07, 6.45) is 7.05. The number of fused-ring (bicyclic) bond motifs is 1. The minimum Gasteiger partial charge on any atom is -0.392 e. The van der Waals surface area contributed by atoms with E-state index in [2.05, 4.69) is 25.4 Å². The Morgan fingerprint density at radius 3 is 2.83 bits per heavy atom. The van der Waals surface area contributed by atoms with Crippen molar-refractivity contribution in [2.75, 3.05) is 35.7 Å². The fourth-order valence-corrected chi connectivity index (χ4v) is 5.71. The summed E-state index contributed by atoms with van der Waals surface area (Å²) in [4.78, 5) is 28.2. The first kappa shape index (κ1) is 25.5. The molecule has 7 rings (SSSR count). The second-order valence-electron chi connectivity index (χ2n) is 10.7. The number of carbonyl (C=O) groups excluding carboxylic acids is 1. The quantitative estimate of drug-likeness (QED) is 0.310. The third kappa shape index (κ3) is 4.78. The summed E-state index contributed by atoms with van der Waals surface area (Å²) in [6.45, 7) is 1.29. The van der Waals surface area contributed by atoms with Gasteiger partial charge in [0.2, 0.25) is 11.9 Å². The number of aliphatic hydroxyl groups is 1. The first-order valence-corrected chi connectivity index (χ1v) is 13.8. The highest BCUT2D eigenvalue weighted by Gasteiger charge is 2.33. The molecular formula is C29H29FN8O3. The molecule has 12 heteroatoms. The van der Waals surface area contributed by atoms with E-state index in [0.717, 1.165) is 30.4 Å². The molecule has 1 aliphatic carbocycles. The molecule has 4 N–H and O–H groups in total. The number of hydrogen-bond acceptors (Lipinski definition) is 9. The van der Waals surface area contributed by atoms with Gasteiger partial charge in [-0.1, -0.05) is 18.2 Å². The molecule has 3 aliphatic rings. The van der Waals surface area contributed by atoms with Crippen molar-refractivity contribution in [2.45, 2.75) is 44.2 Å². The van der Waals surface area contributed by atoms with Crippen molar-refractivity contribution in [1.82, 2.24) is 24.7 Å². The third-order valence-electron chi connectivity index (χ3n) is 7.94. The molecule has 1 amide bonds. The monoisotopic (exact) mass is 556 g/mol. The predicted molar refractivity (Wildman–Crippen MR) is 149 cm³/mol. The van der Waals surface area contributed by atoms with Crippen LogP contribution in [0, 0.1) is 5.82 Å². The van der Waals surface area contributed by atoms with E-state index in [0.29, 0.717) is 54.6 Å². The lowest BCUT2D eigenvalue weighted by atomic mass is 9.93. The molecule has 2 aliphatic heterocycles. The molecule has 2 aromatic heterocycles. The van der Waals surface area contributed by atoms with E-state index in [1.54, 1.807) is 24.4 Å². The zero-order valence-electron chi connectivity index (χ0n) is 22.3. The van der Waals surface area contributed by atoms with Crippen LogP contribution in [0.25, 0.3) is 11.4 Å². The maximum atomic E-state index is 15.2. The van der Waals surface area contributed by atoms with Crippen LogP contribution in [0.5, 0.6) is 0 Å². The van der Waals surface area contributed by atoms with Crippen molar-refractivity contribution in [3.8, 4) is 11.4 Å². The van der Waals surface area contributed by atoms with Crippen LogP contribution >= 0.6 is 0 Å². The lowest BCUT2D eigenvalue weighted by molar-refractivity contribution is 0.0976. The smallest absolute Gasteiger partial charge is 0.261 e. The van der Waals surface area contributed by atoms with Crippen molar-refractivity contribution in [2.24, 2.45) is 0 Å². The van der Waals surface area contributed by atoms with Crippen LogP contribution in [0.1, 0.15) is 58.3 Å². The van der Waals surface area contributed by atoms with E-state index < -0.39 is 18.3 Å². The number of anilines is 4. The highest BCUT2D eigenvalue weighted by Crippen LogP contribution is 2.42. The maximum Gasteiger partial charge on any atom is 0.261 e. The summed E-state index contributed by atoms with van der Waals surface area (Å²) in [5.41, 5.74) is 9.92. The normalized spacial score (nSPS) is 18.5. The van der Waals surface area contributed by atoms with Gasteiger partial charge in [-0.15, -0.1) is 0 Å². The number of nitrogens with one attached hydrogen (secondary N) is 1. The Bertz CT molecular complexity index is 1650. The summed E-state index contributed by atoms with van der Waals surface area (Å²) in [5, 5.41) is 18.0. The number of amides is 1. The van der Waals surface area contributed by atoms with Gasteiger partial charge in [-0.3, -0.25) is 9.48 Å². The van der Waals surface area contributed by atoms with E-state index in [1.165, 1.54) is 11.0 Å². The lowest BCUT2D eigenvalue weighted by Gasteiger charge is -2.31. The molecule has 4 heterocycles. The van der Waals surface area contributed by atoms with Crippen molar-refractivity contribution >= 4 is 29.2 Å². The molecule has 0 bridgehead atoms. The number of rotatable bonds is 7. The molecule has 1 saturated carbocycles. The van der Waals surface area contributed by atoms with Gasteiger partial charge in [0.05, 0.1) is 42.4 Å². The second kappa shape index (κ2) is 10.2. The first-order chi connectivity index (χ1) is 20.0. The highest BCUT2D eigenvalue weighted by molar-refractivity contribution is 6.09. The number of aliphatic hydroxyl groups excluding tert-OH is 1. The minimum absolute atomic E-state index is 0.0140. The van der Waals surface area contributed by atoms with Crippen LogP contribution < -0.4 is 16.0 Å². The molecule has 4 aromatic rings. The van der Waals surface area contributed by atoms with Gasteiger partial charge in [-0.2, -0.15) is 20.1 Å². The number of nitrogens with zero attached hydrogens (tertiary/aromatic N) is 6. The van der Waals surface area contributed by atoms with Crippen LogP contribution in [-0.2, 0) is 17.8 Å². The Balaban J connectivity index is 1.19. The van der Waals surface area contributed by atoms with Gasteiger partial charge in [-0.25, -0.2) is 4.39 Å². The third-order valence-corrected chi connectivity index (χ3v) is 7.94. The Hall–Kier alpha value is -4.42. The fraction of sp³-hybridized carbons (Fsp3) is 0.345. The summed E-state index contributed by atoms with van der Waals surface area (Å²) in [7, 11) is 0. The van der Waals surface area contributed by atoms with Crippen molar-refractivity contribution in [3.63, 3.8) is 0 Å². The Labute approximate surface area is 235 Å². The predicted octanol–water partition coefficient (Wildman–Crippen LogP) is 3.73. The Morgan fingerprint density at radius 2 is 2.05 bits per heavy atom. The number of nitrogens with two attached hydrogens (primary N) is 1. The van der Waals surface area contributed by atoms with Crippen molar-refractivity contribution < 1.29 is 19.0 Å². The molecule has 11 nitrogen and oxygen atoms in total. The van der Waals surface area contributed by atoms with Gasteiger partial charge in [0.25, 0.3) is 5.91 Å². The van der Waals surface area contributed by atoms with E-state index in [4.69, 9.17) is 10.5 Å². The molecule has 1 saturated heterocycles. The van der Waals surface area contributed by atoms with Gasteiger partial charge >= 0.3 is 0 Å². The number of carbonyl (C=O) groups is 1. The number of halogens is 1. The zero-order chi connectivity index (χ0) is 28.1. The Kier molecular flexibility index (Phi) is 6.36. The average Bonchev–Trinajstić information content (AvgIpc) is 3.47. The molecule has 2 fully saturated rings. The summed E-state index contributed by atoms with van der Waals surface area (Å²) in [6, 6.07) is 8.88. The molecule has 2 aromatic carbocycles. The highest BCUT2D eigenvalue weighted by atomic mass is 19.1. The van der Waals surface area contributed by atoms with Gasteiger partial charge < -0.3 is 25.8 Å². The van der Waals surface area contributed by atoms with Crippen molar-refractivity contribution in [1.29, 1.82) is 0 Å². The summed E-state index contributed by atoms with van der Waals surface area (Å²) < 4.78 is 22.5. The topological polar surface area (TPSA) is 144 Å². The molecular weight excluding hydrogens is 527 g/mol. The lowest BCUT2D eigenvalue weighted by Crippen LogP contribution is -2.39. The molecule has 0 spiro atoms. The van der Waals surface area contributed by atoms with Crippen LogP contribution in [0.3, 0.4) is 0 Å². The molecule has 0 radical (unpaired) electrons. The van der Waals surface area contributed by atoms with Crippen LogP contribution in [0.15, 0.2) is 42.7 Å². The molecule has 41 heavy (non-hydrogen) atoms. The standard InChI is InChI=1S/C29H29FN8O3/c30-23-11-18(16-4-5-16)10-17-6-8-37(27(40)25(17)23)24-3-1-2-21(22(24)14-39)26-34-28(31)36-29(35-26)33-19-12-32-38(13-19)20-7-9-41-15-20/h1-3,10-13,16,20,39H,4-9,14-15H2,(H3,31,33,34,35,36)/t20-/m1/s1. The molecule has 0 unspecified atom stereocenters. The van der Waals surface area contributed by atoms with Gasteiger partial charge in [0.15, 0.2) is 5.82 Å². The number of ether oxygens (including phenoxy) is 1. The summed E-state index contributed by atoms with van der Waals surface area (Å²) >= 11 is 0. The fourth-order valence-electron chi connectivity index (χ4n) is 5.71.